The monoisotopic (exact) mass is 416 g/mol. The van der Waals surface area contributed by atoms with Gasteiger partial charge in [0.1, 0.15) is 23.6 Å². The summed E-state index contributed by atoms with van der Waals surface area (Å²) < 4.78 is 7.32. The SMILES string of the molecule is CC(C)n1cnnc1-c1cccc(NC(=O)c2cccc(C(N)=O)c2-c2ccco2)n1. The summed E-state index contributed by atoms with van der Waals surface area (Å²) in [6, 6.07) is 13.5. The highest BCUT2D eigenvalue weighted by atomic mass is 16.3. The number of primary amides is 1. The lowest BCUT2D eigenvalue weighted by Crippen LogP contribution is -2.18. The number of nitrogens with one attached hydrogen (secondary N) is 1. The summed E-state index contributed by atoms with van der Waals surface area (Å²) in [5.74, 6) is 0.179. The van der Waals surface area contributed by atoms with Crippen LogP contribution in [-0.2, 0) is 0 Å². The highest BCUT2D eigenvalue weighted by Crippen LogP contribution is 2.29. The van der Waals surface area contributed by atoms with E-state index in [9.17, 15) is 9.59 Å². The molecule has 0 atom stereocenters. The van der Waals surface area contributed by atoms with Crippen molar-refractivity contribution in [3.05, 3.63) is 72.2 Å². The smallest absolute Gasteiger partial charge is 0.257 e. The first-order valence-electron chi connectivity index (χ1n) is 9.60. The molecule has 0 aliphatic rings. The third-order valence-electron chi connectivity index (χ3n) is 4.69. The number of carbonyl (C=O) groups is 2. The highest BCUT2D eigenvalue weighted by Gasteiger charge is 2.21. The minimum Gasteiger partial charge on any atom is -0.464 e. The van der Waals surface area contributed by atoms with Gasteiger partial charge in [-0.25, -0.2) is 4.98 Å². The molecule has 4 rings (SSSR count). The van der Waals surface area contributed by atoms with Gasteiger partial charge >= 0.3 is 0 Å². The molecular formula is C22H20N6O3. The molecule has 0 saturated carbocycles. The number of furan rings is 1. The molecule has 0 aliphatic carbocycles. The summed E-state index contributed by atoms with van der Waals surface area (Å²) in [6.07, 6.45) is 3.10. The molecule has 0 radical (unpaired) electrons. The summed E-state index contributed by atoms with van der Waals surface area (Å²) in [7, 11) is 0. The van der Waals surface area contributed by atoms with Crippen LogP contribution in [0.5, 0.6) is 0 Å². The van der Waals surface area contributed by atoms with Crippen molar-refractivity contribution in [1.29, 1.82) is 0 Å². The summed E-state index contributed by atoms with van der Waals surface area (Å²) >= 11 is 0. The summed E-state index contributed by atoms with van der Waals surface area (Å²) in [5.41, 5.74) is 6.84. The average Bonchev–Trinajstić information content (AvgIpc) is 3.45. The number of benzene rings is 1. The molecular weight excluding hydrogens is 396 g/mol. The molecule has 0 aliphatic heterocycles. The van der Waals surface area contributed by atoms with Gasteiger partial charge in [0, 0.05) is 11.6 Å². The molecule has 3 aromatic heterocycles. The van der Waals surface area contributed by atoms with Crippen molar-refractivity contribution in [1.82, 2.24) is 19.7 Å². The third kappa shape index (κ3) is 3.93. The van der Waals surface area contributed by atoms with Crippen LogP contribution in [0.3, 0.4) is 0 Å². The van der Waals surface area contributed by atoms with E-state index in [2.05, 4.69) is 20.5 Å². The summed E-state index contributed by atoms with van der Waals surface area (Å²) in [5, 5.41) is 10.9. The van der Waals surface area contributed by atoms with E-state index in [0.717, 1.165) is 0 Å². The molecule has 9 nitrogen and oxygen atoms in total. The second-order valence-electron chi connectivity index (χ2n) is 7.09. The van der Waals surface area contributed by atoms with Gasteiger partial charge < -0.3 is 20.0 Å². The molecule has 0 unspecified atom stereocenters. The van der Waals surface area contributed by atoms with Crippen molar-refractivity contribution in [2.45, 2.75) is 19.9 Å². The first kappa shape index (κ1) is 20.0. The molecule has 0 saturated heterocycles. The Balaban J connectivity index is 1.69. The Bertz CT molecular complexity index is 1240. The van der Waals surface area contributed by atoms with Gasteiger partial charge in [0.05, 0.1) is 17.4 Å². The standard InChI is InChI=1S/C22H20N6O3/c1-13(2)28-12-24-27-21(28)16-8-4-10-18(25-16)26-22(30)15-7-3-6-14(20(23)29)19(15)17-9-5-11-31-17/h3-13H,1-2H3,(H2,23,29)(H,25,26,30). The van der Waals surface area contributed by atoms with Crippen LogP contribution in [0.2, 0.25) is 0 Å². The molecule has 1 aromatic carbocycles. The zero-order valence-corrected chi connectivity index (χ0v) is 16.9. The van der Waals surface area contributed by atoms with Gasteiger partial charge in [-0.15, -0.1) is 10.2 Å². The zero-order valence-electron chi connectivity index (χ0n) is 16.9. The van der Waals surface area contributed by atoms with Crippen molar-refractivity contribution in [3.63, 3.8) is 0 Å². The van der Waals surface area contributed by atoms with Crippen LogP contribution >= 0.6 is 0 Å². The molecule has 31 heavy (non-hydrogen) atoms. The fourth-order valence-corrected chi connectivity index (χ4v) is 3.25. The number of hydrogen-bond donors (Lipinski definition) is 2. The van der Waals surface area contributed by atoms with Crippen LogP contribution in [0.1, 0.15) is 40.6 Å². The van der Waals surface area contributed by atoms with Gasteiger partial charge in [-0.3, -0.25) is 9.59 Å². The minimum atomic E-state index is -0.658. The van der Waals surface area contributed by atoms with Gasteiger partial charge in [-0.1, -0.05) is 12.1 Å². The molecule has 0 bridgehead atoms. The van der Waals surface area contributed by atoms with Gasteiger partial charge in [0.25, 0.3) is 5.91 Å². The van der Waals surface area contributed by atoms with Crippen LogP contribution in [0.25, 0.3) is 22.8 Å². The topological polar surface area (TPSA) is 129 Å². The normalized spacial score (nSPS) is 10.9. The van der Waals surface area contributed by atoms with Crippen LogP contribution in [0.4, 0.5) is 5.82 Å². The Morgan fingerprint density at radius 1 is 1.06 bits per heavy atom. The molecule has 4 aromatic rings. The minimum absolute atomic E-state index is 0.150. The number of hydrogen-bond acceptors (Lipinski definition) is 6. The van der Waals surface area contributed by atoms with E-state index in [-0.39, 0.29) is 17.2 Å². The Morgan fingerprint density at radius 3 is 2.55 bits per heavy atom. The average molecular weight is 416 g/mol. The van der Waals surface area contributed by atoms with E-state index in [1.165, 1.54) is 6.26 Å². The van der Waals surface area contributed by atoms with E-state index in [0.29, 0.717) is 28.7 Å². The number of carbonyl (C=O) groups excluding carboxylic acids is 2. The molecule has 9 heteroatoms. The van der Waals surface area contributed by atoms with Gasteiger partial charge in [-0.2, -0.15) is 0 Å². The Morgan fingerprint density at radius 2 is 1.84 bits per heavy atom. The number of rotatable bonds is 6. The van der Waals surface area contributed by atoms with Crippen molar-refractivity contribution in [2.75, 3.05) is 5.32 Å². The number of pyridine rings is 1. The van der Waals surface area contributed by atoms with Crippen LogP contribution in [-0.4, -0.2) is 31.6 Å². The first-order chi connectivity index (χ1) is 15.0. The fraction of sp³-hybridized carbons (Fsp3) is 0.136. The van der Waals surface area contributed by atoms with Crippen molar-refractivity contribution in [3.8, 4) is 22.8 Å². The Hall–Kier alpha value is -4.27. The lowest BCUT2D eigenvalue weighted by Gasteiger charge is -2.13. The maximum atomic E-state index is 13.1. The van der Waals surface area contributed by atoms with E-state index in [1.807, 2.05) is 18.4 Å². The number of nitrogens with zero attached hydrogens (tertiary/aromatic N) is 4. The predicted molar refractivity (Wildman–Crippen MR) is 114 cm³/mol. The fourth-order valence-electron chi connectivity index (χ4n) is 3.25. The molecule has 156 valence electrons. The van der Waals surface area contributed by atoms with E-state index >= 15 is 0 Å². The molecule has 3 heterocycles. The van der Waals surface area contributed by atoms with E-state index in [1.54, 1.807) is 54.9 Å². The summed E-state index contributed by atoms with van der Waals surface area (Å²) in [4.78, 5) is 29.5. The Labute approximate surface area is 177 Å². The van der Waals surface area contributed by atoms with Crippen LogP contribution in [0.15, 0.2) is 65.5 Å². The first-order valence-corrected chi connectivity index (χ1v) is 9.60. The largest absolute Gasteiger partial charge is 0.464 e. The molecule has 3 N–H and O–H groups in total. The molecule has 2 amide bonds. The van der Waals surface area contributed by atoms with Gasteiger partial charge in [0.2, 0.25) is 5.91 Å². The quantitative estimate of drug-likeness (QED) is 0.495. The maximum Gasteiger partial charge on any atom is 0.257 e. The highest BCUT2D eigenvalue weighted by molar-refractivity contribution is 6.12. The number of anilines is 1. The second kappa shape index (κ2) is 8.23. The lowest BCUT2D eigenvalue weighted by atomic mass is 9.97. The number of amides is 2. The van der Waals surface area contributed by atoms with Crippen LogP contribution < -0.4 is 11.1 Å². The zero-order chi connectivity index (χ0) is 22.0. The summed E-state index contributed by atoms with van der Waals surface area (Å²) in [6.45, 7) is 4.03. The number of aromatic nitrogens is 4. The van der Waals surface area contributed by atoms with Crippen molar-refractivity contribution >= 4 is 17.6 Å². The predicted octanol–water partition coefficient (Wildman–Crippen LogP) is 3.53. The van der Waals surface area contributed by atoms with Gasteiger partial charge in [0.15, 0.2) is 5.82 Å². The van der Waals surface area contributed by atoms with Gasteiger partial charge in [-0.05, 0) is 50.2 Å². The van der Waals surface area contributed by atoms with E-state index in [4.69, 9.17) is 10.2 Å². The van der Waals surface area contributed by atoms with Crippen molar-refractivity contribution in [2.24, 2.45) is 5.73 Å². The molecule has 0 spiro atoms. The third-order valence-corrected chi connectivity index (χ3v) is 4.69. The van der Waals surface area contributed by atoms with E-state index < -0.39 is 11.8 Å². The number of nitrogens with two attached hydrogens (primary N) is 1. The maximum absolute atomic E-state index is 13.1. The van der Waals surface area contributed by atoms with Crippen molar-refractivity contribution < 1.29 is 14.0 Å². The second-order valence-corrected chi connectivity index (χ2v) is 7.09. The Kier molecular flexibility index (Phi) is 5.31. The lowest BCUT2D eigenvalue weighted by molar-refractivity contribution is 0.100. The van der Waals surface area contributed by atoms with Crippen LogP contribution in [0, 0.1) is 0 Å². The molecule has 0 fully saturated rings.